The first-order valence-electron chi connectivity index (χ1n) is 6.97. The molecule has 0 saturated carbocycles. The summed E-state index contributed by atoms with van der Waals surface area (Å²) in [6.07, 6.45) is 0. The van der Waals surface area contributed by atoms with Gasteiger partial charge in [0.25, 0.3) is 0 Å². The Morgan fingerprint density at radius 1 is 1.25 bits per heavy atom. The fraction of sp³-hybridized carbons (Fsp3) is 0.714. The van der Waals surface area contributed by atoms with E-state index in [2.05, 4.69) is 29.1 Å². The van der Waals surface area contributed by atoms with Crippen molar-refractivity contribution in [3.05, 3.63) is 11.9 Å². The summed E-state index contributed by atoms with van der Waals surface area (Å²) in [7, 11) is 1.61. The third-order valence-electron chi connectivity index (χ3n) is 2.31. The first-order chi connectivity index (χ1) is 9.65. The largest absolute Gasteiger partial charge is 0.475 e. The van der Waals surface area contributed by atoms with E-state index in [0.29, 0.717) is 37.4 Å². The van der Waals surface area contributed by atoms with Crippen LogP contribution in [0.1, 0.15) is 26.6 Å². The van der Waals surface area contributed by atoms with Crippen LogP contribution >= 0.6 is 0 Å². The quantitative estimate of drug-likeness (QED) is 0.663. The zero-order valence-electron chi connectivity index (χ0n) is 12.8. The number of ether oxygens (including phenoxy) is 3. The summed E-state index contributed by atoms with van der Waals surface area (Å²) in [5.41, 5.74) is 0. The van der Waals surface area contributed by atoms with Crippen LogP contribution < -0.4 is 10.1 Å². The molecule has 0 aliphatic rings. The molecule has 0 aliphatic carbocycles. The van der Waals surface area contributed by atoms with E-state index in [1.54, 1.807) is 13.2 Å². The van der Waals surface area contributed by atoms with Crippen molar-refractivity contribution in [1.82, 2.24) is 9.97 Å². The third-order valence-corrected chi connectivity index (χ3v) is 2.31. The second kappa shape index (κ2) is 9.50. The molecule has 6 nitrogen and oxygen atoms in total. The summed E-state index contributed by atoms with van der Waals surface area (Å²) < 4.78 is 16.1. The maximum Gasteiger partial charge on any atom is 0.218 e. The molecule has 0 spiro atoms. The molecule has 1 rings (SSSR count). The number of nitrogens with one attached hydrogen (secondary N) is 1. The first-order valence-corrected chi connectivity index (χ1v) is 6.97. The Labute approximate surface area is 120 Å². The predicted molar refractivity (Wildman–Crippen MR) is 78.1 cm³/mol. The van der Waals surface area contributed by atoms with Gasteiger partial charge in [-0.3, -0.25) is 0 Å². The van der Waals surface area contributed by atoms with Crippen molar-refractivity contribution in [3.63, 3.8) is 0 Å². The molecule has 0 aliphatic heterocycles. The van der Waals surface area contributed by atoms with Gasteiger partial charge in [0, 0.05) is 26.3 Å². The number of methoxy groups -OCH3 is 1. The van der Waals surface area contributed by atoms with E-state index in [0.717, 1.165) is 19.0 Å². The Morgan fingerprint density at radius 3 is 2.70 bits per heavy atom. The summed E-state index contributed by atoms with van der Waals surface area (Å²) in [4.78, 5) is 8.61. The molecule has 1 N–H and O–H groups in total. The van der Waals surface area contributed by atoms with Gasteiger partial charge < -0.3 is 19.5 Å². The monoisotopic (exact) mass is 283 g/mol. The Hall–Kier alpha value is -1.40. The van der Waals surface area contributed by atoms with Crippen LogP contribution in [-0.4, -0.2) is 43.4 Å². The molecule has 0 saturated heterocycles. The molecule has 1 aromatic heterocycles. The third kappa shape index (κ3) is 6.68. The van der Waals surface area contributed by atoms with Crippen LogP contribution in [0, 0.1) is 5.92 Å². The second-order valence-corrected chi connectivity index (χ2v) is 4.79. The van der Waals surface area contributed by atoms with Crippen LogP contribution in [-0.2, 0) is 16.1 Å². The van der Waals surface area contributed by atoms with Gasteiger partial charge in [-0.05, 0) is 12.8 Å². The molecule has 20 heavy (non-hydrogen) atoms. The topological polar surface area (TPSA) is 65.5 Å². The minimum absolute atomic E-state index is 0.361. The summed E-state index contributed by atoms with van der Waals surface area (Å²) >= 11 is 0. The Balaban J connectivity index is 2.50. The van der Waals surface area contributed by atoms with Gasteiger partial charge in [-0.1, -0.05) is 13.8 Å². The number of anilines is 1. The van der Waals surface area contributed by atoms with Crippen LogP contribution in [0.4, 0.5) is 5.82 Å². The van der Waals surface area contributed by atoms with Crippen molar-refractivity contribution in [3.8, 4) is 5.88 Å². The van der Waals surface area contributed by atoms with Gasteiger partial charge in [0.15, 0.2) is 5.82 Å². The molecule has 0 bridgehead atoms. The standard InChI is InChI=1S/C14H25N3O3/c1-5-15-12-8-14(17-13(16-12)10-18-4)20-7-6-19-9-11(2)3/h8,11H,5-7,9-10H2,1-4H3,(H,15,16,17). The first kappa shape index (κ1) is 16.7. The molecule has 114 valence electrons. The molecule has 0 atom stereocenters. The zero-order valence-corrected chi connectivity index (χ0v) is 12.8. The molecule has 6 heteroatoms. The Bertz CT molecular complexity index is 362. The minimum atomic E-state index is 0.361. The zero-order chi connectivity index (χ0) is 14.8. The van der Waals surface area contributed by atoms with Crippen LogP contribution in [0.3, 0.4) is 0 Å². The van der Waals surface area contributed by atoms with E-state index in [9.17, 15) is 0 Å². The number of aromatic nitrogens is 2. The molecule has 1 aromatic rings. The van der Waals surface area contributed by atoms with Crippen molar-refractivity contribution in [1.29, 1.82) is 0 Å². The van der Waals surface area contributed by atoms with Crippen LogP contribution in [0.15, 0.2) is 6.07 Å². The lowest BCUT2D eigenvalue weighted by Crippen LogP contribution is -2.12. The van der Waals surface area contributed by atoms with E-state index < -0.39 is 0 Å². The molecule has 0 aromatic carbocycles. The van der Waals surface area contributed by atoms with Crippen LogP contribution in [0.5, 0.6) is 5.88 Å². The number of rotatable bonds is 10. The van der Waals surface area contributed by atoms with Crippen molar-refractivity contribution in [2.24, 2.45) is 5.92 Å². The van der Waals surface area contributed by atoms with E-state index in [1.165, 1.54) is 0 Å². The van der Waals surface area contributed by atoms with Gasteiger partial charge >= 0.3 is 0 Å². The van der Waals surface area contributed by atoms with Gasteiger partial charge in [-0.2, -0.15) is 4.98 Å². The van der Waals surface area contributed by atoms with Crippen LogP contribution in [0.2, 0.25) is 0 Å². The number of hydrogen-bond donors (Lipinski definition) is 1. The fourth-order valence-electron chi connectivity index (χ4n) is 1.54. The molecular weight excluding hydrogens is 258 g/mol. The van der Waals surface area contributed by atoms with E-state index in [-0.39, 0.29) is 0 Å². The smallest absolute Gasteiger partial charge is 0.218 e. The molecule has 0 fully saturated rings. The highest BCUT2D eigenvalue weighted by molar-refractivity contribution is 5.38. The Kier molecular flexibility index (Phi) is 7.91. The summed E-state index contributed by atoms with van der Waals surface area (Å²) in [6.45, 7) is 9.17. The number of hydrogen-bond acceptors (Lipinski definition) is 6. The Morgan fingerprint density at radius 2 is 2.05 bits per heavy atom. The van der Waals surface area contributed by atoms with Crippen molar-refractivity contribution in [2.45, 2.75) is 27.4 Å². The average Bonchev–Trinajstić information content (AvgIpc) is 2.38. The van der Waals surface area contributed by atoms with Gasteiger partial charge in [-0.25, -0.2) is 4.98 Å². The molecule has 0 radical (unpaired) electrons. The van der Waals surface area contributed by atoms with E-state index in [4.69, 9.17) is 14.2 Å². The summed E-state index contributed by atoms with van der Waals surface area (Å²) in [6, 6.07) is 1.78. The minimum Gasteiger partial charge on any atom is -0.475 e. The van der Waals surface area contributed by atoms with Gasteiger partial charge in [0.2, 0.25) is 5.88 Å². The van der Waals surface area contributed by atoms with Gasteiger partial charge in [0.1, 0.15) is 19.0 Å². The maximum absolute atomic E-state index is 5.59. The SMILES string of the molecule is CCNc1cc(OCCOCC(C)C)nc(COC)n1. The highest BCUT2D eigenvalue weighted by Gasteiger charge is 2.05. The normalized spacial score (nSPS) is 10.8. The fourth-order valence-corrected chi connectivity index (χ4v) is 1.54. The highest BCUT2D eigenvalue weighted by atomic mass is 16.5. The summed E-state index contributed by atoms with van der Waals surface area (Å²) in [5, 5.41) is 3.15. The molecule has 0 amide bonds. The predicted octanol–water partition coefficient (Wildman–Crippen LogP) is 2.11. The lowest BCUT2D eigenvalue weighted by molar-refractivity contribution is 0.0803. The highest BCUT2D eigenvalue weighted by Crippen LogP contribution is 2.14. The average molecular weight is 283 g/mol. The maximum atomic E-state index is 5.59. The van der Waals surface area contributed by atoms with E-state index in [1.807, 2.05) is 6.92 Å². The van der Waals surface area contributed by atoms with Crippen molar-refractivity contribution >= 4 is 5.82 Å². The van der Waals surface area contributed by atoms with Crippen molar-refractivity contribution < 1.29 is 14.2 Å². The van der Waals surface area contributed by atoms with Crippen LogP contribution in [0.25, 0.3) is 0 Å². The molecule has 0 unspecified atom stereocenters. The second-order valence-electron chi connectivity index (χ2n) is 4.79. The van der Waals surface area contributed by atoms with Crippen molar-refractivity contribution in [2.75, 3.05) is 38.8 Å². The lowest BCUT2D eigenvalue weighted by atomic mass is 10.2. The summed E-state index contributed by atoms with van der Waals surface area (Å²) in [5.74, 6) is 2.41. The van der Waals surface area contributed by atoms with Gasteiger partial charge in [0.05, 0.1) is 6.61 Å². The molecule has 1 heterocycles. The van der Waals surface area contributed by atoms with E-state index >= 15 is 0 Å². The number of nitrogens with zero attached hydrogens (tertiary/aromatic N) is 2. The molecular formula is C14H25N3O3. The van der Waals surface area contributed by atoms with Gasteiger partial charge in [-0.15, -0.1) is 0 Å². The lowest BCUT2D eigenvalue weighted by Gasteiger charge is -2.10.